The first-order valence-corrected chi connectivity index (χ1v) is 11.4. The largest absolute Gasteiger partial charge is 0.506 e. The van der Waals surface area contributed by atoms with Gasteiger partial charge in [-0.05, 0) is 44.0 Å². The molecule has 0 amide bonds. The van der Waals surface area contributed by atoms with Crippen molar-refractivity contribution in [3.05, 3.63) is 47.7 Å². The molecule has 1 aromatic carbocycles. The number of aromatic nitrogens is 3. The van der Waals surface area contributed by atoms with Crippen LogP contribution in [0.2, 0.25) is 0 Å². The lowest BCUT2D eigenvalue weighted by Crippen LogP contribution is -2.36. The summed E-state index contributed by atoms with van der Waals surface area (Å²) in [5.74, 6) is 2.92. The van der Waals surface area contributed by atoms with Gasteiger partial charge in [0, 0.05) is 48.1 Å². The number of aryl methyl sites for hydroxylation is 1. The summed E-state index contributed by atoms with van der Waals surface area (Å²) in [6, 6.07) is 11.5. The van der Waals surface area contributed by atoms with Crippen LogP contribution < -0.4 is 20.9 Å². The molecule has 0 atom stereocenters. The number of hydrogen-bond acceptors (Lipinski definition) is 9. The molecule has 0 radical (unpaired) electrons. The molecule has 1 saturated heterocycles. The van der Waals surface area contributed by atoms with Crippen LogP contribution in [-0.4, -0.2) is 52.9 Å². The summed E-state index contributed by atoms with van der Waals surface area (Å²) in [5.41, 5.74) is 3.71. The van der Waals surface area contributed by atoms with E-state index in [9.17, 15) is 5.11 Å². The lowest BCUT2D eigenvalue weighted by molar-refractivity contribution is 0.122. The maximum absolute atomic E-state index is 10.7. The minimum atomic E-state index is 0.113. The molecule has 2 aromatic heterocycles. The zero-order chi connectivity index (χ0) is 22.4. The van der Waals surface area contributed by atoms with Gasteiger partial charge in [-0.3, -0.25) is 0 Å². The van der Waals surface area contributed by atoms with E-state index in [0.29, 0.717) is 24.8 Å². The molecule has 3 aliphatic rings. The third kappa shape index (κ3) is 3.78. The molecular weight excluding hydrogens is 418 g/mol. The maximum Gasteiger partial charge on any atom is 0.231 e. The van der Waals surface area contributed by atoms with E-state index in [-0.39, 0.29) is 11.2 Å². The molecule has 1 aliphatic carbocycles. The van der Waals surface area contributed by atoms with E-state index in [0.717, 1.165) is 66.9 Å². The lowest BCUT2D eigenvalue weighted by atomic mass is 10.0. The third-order valence-corrected chi connectivity index (χ3v) is 6.63. The first-order valence-electron chi connectivity index (χ1n) is 11.4. The van der Waals surface area contributed by atoms with Crippen molar-refractivity contribution in [3.8, 4) is 5.75 Å². The zero-order valence-electron chi connectivity index (χ0n) is 18.6. The Hall–Kier alpha value is -3.59. The molecule has 3 aromatic rings. The second-order valence-corrected chi connectivity index (χ2v) is 8.97. The van der Waals surface area contributed by atoms with Crippen LogP contribution in [0, 0.1) is 6.92 Å². The second-order valence-electron chi connectivity index (χ2n) is 8.97. The number of nitrogens with zero attached hydrogens (tertiary/aromatic N) is 4. The molecular formula is C24H27N7O2. The summed E-state index contributed by atoms with van der Waals surface area (Å²) in [7, 11) is 0. The van der Waals surface area contributed by atoms with Crippen LogP contribution in [0.5, 0.6) is 5.75 Å². The number of morpholine rings is 1. The van der Waals surface area contributed by atoms with E-state index in [1.165, 1.54) is 0 Å². The van der Waals surface area contributed by atoms with Gasteiger partial charge >= 0.3 is 0 Å². The Morgan fingerprint density at radius 2 is 1.91 bits per heavy atom. The van der Waals surface area contributed by atoms with E-state index in [1.54, 1.807) is 6.07 Å². The SMILES string of the molecule is Cc1cccc(Nc2nc(Nc3ccc(N4CCOCC4)cc3O)nc3c2C2(CC2)CN3)n1. The summed E-state index contributed by atoms with van der Waals surface area (Å²) in [4.78, 5) is 16.3. The lowest BCUT2D eigenvalue weighted by Gasteiger charge is -2.29. The molecule has 9 heteroatoms. The Morgan fingerprint density at radius 1 is 1.06 bits per heavy atom. The molecule has 4 heterocycles. The van der Waals surface area contributed by atoms with E-state index >= 15 is 0 Å². The van der Waals surface area contributed by atoms with Gasteiger partial charge in [0.2, 0.25) is 5.95 Å². The van der Waals surface area contributed by atoms with Gasteiger partial charge in [0.25, 0.3) is 0 Å². The number of phenolic OH excluding ortho intramolecular Hbond substituents is 1. The minimum Gasteiger partial charge on any atom is -0.506 e. The van der Waals surface area contributed by atoms with Gasteiger partial charge in [-0.1, -0.05) is 6.07 Å². The van der Waals surface area contributed by atoms with Crippen molar-refractivity contribution < 1.29 is 9.84 Å². The number of anilines is 6. The summed E-state index contributed by atoms with van der Waals surface area (Å²) in [5, 5.41) is 20.8. The standard InChI is InChI=1S/C24H27N7O2/c1-15-3-2-4-19(26-15)28-22-20-21(25-14-24(20)7-8-24)29-23(30-22)27-17-6-5-16(13-18(17)32)31-9-11-33-12-10-31/h2-6,13,32H,7-12,14H2,1H3,(H3,25,26,27,28,29,30). The monoisotopic (exact) mass is 445 g/mol. The molecule has 0 bridgehead atoms. The number of ether oxygens (including phenoxy) is 1. The van der Waals surface area contributed by atoms with E-state index in [2.05, 4.69) is 25.8 Å². The van der Waals surface area contributed by atoms with Crippen molar-refractivity contribution in [1.29, 1.82) is 0 Å². The molecule has 33 heavy (non-hydrogen) atoms. The topological polar surface area (TPSA) is 107 Å². The Labute approximate surface area is 192 Å². The van der Waals surface area contributed by atoms with Crippen LogP contribution in [0.15, 0.2) is 36.4 Å². The summed E-state index contributed by atoms with van der Waals surface area (Å²) >= 11 is 0. The van der Waals surface area contributed by atoms with Crippen molar-refractivity contribution in [2.75, 3.05) is 53.7 Å². The number of aromatic hydroxyl groups is 1. The minimum absolute atomic E-state index is 0.113. The van der Waals surface area contributed by atoms with Gasteiger partial charge in [-0.15, -0.1) is 0 Å². The predicted octanol–water partition coefficient (Wildman–Crippen LogP) is 3.67. The molecule has 1 spiro atoms. The highest BCUT2D eigenvalue weighted by Crippen LogP contribution is 2.56. The molecule has 0 unspecified atom stereocenters. The predicted molar refractivity (Wildman–Crippen MR) is 128 cm³/mol. The quantitative estimate of drug-likeness (QED) is 0.438. The highest BCUT2D eigenvalue weighted by Gasteiger charge is 2.52. The number of hydrogen-bond donors (Lipinski definition) is 4. The third-order valence-electron chi connectivity index (χ3n) is 6.63. The van der Waals surface area contributed by atoms with Gasteiger partial charge in [0.15, 0.2) is 0 Å². The number of pyridine rings is 1. The van der Waals surface area contributed by atoms with Gasteiger partial charge in [0.1, 0.15) is 23.2 Å². The van der Waals surface area contributed by atoms with Crippen LogP contribution in [0.4, 0.5) is 34.8 Å². The van der Waals surface area contributed by atoms with Crippen LogP contribution in [-0.2, 0) is 10.2 Å². The smallest absolute Gasteiger partial charge is 0.231 e. The fourth-order valence-corrected chi connectivity index (χ4v) is 4.65. The average Bonchev–Trinajstić information content (AvgIpc) is 3.50. The van der Waals surface area contributed by atoms with Crippen molar-refractivity contribution in [3.63, 3.8) is 0 Å². The van der Waals surface area contributed by atoms with Gasteiger partial charge in [-0.2, -0.15) is 9.97 Å². The number of nitrogens with one attached hydrogen (secondary N) is 3. The molecule has 4 N–H and O–H groups in total. The molecule has 2 aliphatic heterocycles. The number of fused-ring (bicyclic) bond motifs is 2. The van der Waals surface area contributed by atoms with E-state index in [4.69, 9.17) is 14.7 Å². The second kappa shape index (κ2) is 7.77. The highest BCUT2D eigenvalue weighted by molar-refractivity contribution is 5.75. The summed E-state index contributed by atoms with van der Waals surface area (Å²) in [6.45, 7) is 5.87. The number of benzene rings is 1. The van der Waals surface area contributed by atoms with Crippen LogP contribution >= 0.6 is 0 Å². The van der Waals surface area contributed by atoms with Crippen LogP contribution in [0.25, 0.3) is 0 Å². The molecule has 2 fully saturated rings. The molecule has 9 nitrogen and oxygen atoms in total. The van der Waals surface area contributed by atoms with Crippen LogP contribution in [0.3, 0.4) is 0 Å². The average molecular weight is 446 g/mol. The van der Waals surface area contributed by atoms with Gasteiger partial charge < -0.3 is 30.7 Å². The van der Waals surface area contributed by atoms with E-state index in [1.807, 2.05) is 37.3 Å². The van der Waals surface area contributed by atoms with Crippen molar-refractivity contribution >= 4 is 34.8 Å². The number of phenols is 1. The Morgan fingerprint density at radius 3 is 2.67 bits per heavy atom. The first kappa shape index (κ1) is 20.0. The van der Waals surface area contributed by atoms with Gasteiger partial charge in [0.05, 0.1) is 18.9 Å². The summed E-state index contributed by atoms with van der Waals surface area (Å²) < 4.78 is 5.42. The molecule has 6 rings (SSSR count). The zero-order valence-corrected chi connectivity index (χ0v) is 18.6. The Kier molecular flexibility index (Phi) is 4.72. The maximum atomic E-state index is 10.7. The Balaban J connectivity index is 1.31. The van der Waals surface area contributed by atoms with Gasteiger partial charge in [-0.25, -0.2) is 4.98 Å². The Bertz CT molecular complexity index is 1210. The highest BCUT2D eigenvalue weighted by atomic mass is 16.5. The fraction of sp³-hybridized carbons (Fsp3) is 0.375. The van der Waals surface area contributed by atoms with Crippen molar-refractivity contribution in [2.45, 2.75) is 25.2 Å². The molecule has 1 saturated carbocycles. The normalized spacial score (nSPS) is 18.0. The van der Waals surface area contributed by atoms with Crippen molar-refractivity contribution in [2.24, 2.45) is 0 Å². The van der Waals surface area contributed by atoms with E-state index < -0.39 is 0 Å². The molecule has 170 valence electrons. The number of rotatable bonds is 5. The first-order chi connectivity index (χ1) is 16.1. The summed E-state index contributed by atoms with van der Waals surface area (Å²) in [6.07, 6.45) is 2.26. The van der Waals surface area contributed by atoms with Crippen molar-refractivity contribution in [1.82, 2.24) is 15.0 Å². The van der Waals surface area contributed by atoms with Crippen LogP contribution in [0.1, 0.15) is 24.1 Å². The fourth-order valence-electron chi connectivity index (χ4n) is 4.65.